The molecule has 1 aliphatic rings. The summed E-state index contributed by atoms with van der Waals surface area (Å²) in [6, 6.07) is 13.3. The van der Waals surface area contributed by atoms with Crippen LogP contribution in [-0.4, -0.2) is 37.8 Å². The van der Waals surface area contributed by atoms with E-state index in [1.807, 2.05) is 26.0 Å². The molecule has 1 N–H and O–H groups in total. The zero-order valence-electron chi connectivity index (χ0n) is 16.9. The summed E-state index contributed by atoms with van der Waals surface area (Å²) in [6.45, 7) is 5.13. The normalized spacial score (nSPS) is 17.7. The van der Waals surface area contributed by atoms with Crippen LogP contribution in [0.4, 0.5) is 5.69 Å². The number of carbonyl (C=O) groups excluding carboxylic acids is 1. The Kier molecular flexibility index (Phi) is 6.92. The molecule has 2 aromatic carbocycles. The molecule has 1 unspecified atom stereocenters. The fourth-order valence-corrected chi connectivity index (χ4v) is 5.13. The summed E-state index contributed by atoms with van der Waals surface area (Å²) in [5, 5.41) is 2.82. The third-order valence-electron chi connectivity index (χ3n) is 5.03. The highest BCUT2D eigenvalue weighted by Gasteiger charge is 2.30. The topological polar surface area (TPSA) is 75.7 Å². The van der Waals surface area contributed by atoms with E-state index in [0.29, 0.717) is 30.2 Å². The Morgan fingerprint density at radius 3 is 2.62 bits per heavy atom. The van der Waals surface area contributed by atoms with Crippen molar-refractivity contribution in [3.63, 3.8) is 0 Å². The van der Waals surface area contributed by atoms with Crippen molar-refractivity contribution in [2.24, 2.45) is 0 Å². The molecule has 1 aliphatic heterocycles. The highest BCUT2D eigenvalue weighted by molar-refractivity contribution is 7.89. The van der Waals surface area contributed by atoms with Crippen LogP contribution in [0.15, 0.2) is 53.4 Å². The van der Waals surface area contributed by atoms with Crippen LogP contribution in [0.5, 0.6) is 5.75 Å². The summed E-state index contributed by atoms with van der Waals surface area (Å²) in [5.41, 5.74) is 1.03. The fraction of sp³-hybridized carbons (Fsp3) is 0.409. The molecule has 156 valence electrons. The molecule has 1 amide bonds. The van der Waals surface area contributed by atoms with E-state index in [9.17, 15) is 13.2 Å². The minimum atomic E-state index is -3.54. The van der Waals surface area contributed by atoms with E-state index in [2.05, 4.69) is 5.32 Å². The Labute approximate surface area is 172 Å². The first-order valence-corrected chi connectivity index (χ1v) is 11.5. The van der Waals surface area contributed by atoms with E-state index in [1.54, 1.807) is 28.6 Å². The van der Waals surface area contributed by atoms with E-state index in [0.717, 1.165) is 25.7 Å². The Morgan fingerprint density at radius 1 is 1.17 bits per heavy atom. The van der Waals surface area contributed by atoms with E-state index in [4.69, 9.17) is 4.74 Å². The molecule has 0 aromatic heterocycles. The number of benzene rings is 2. The number of carbonyl (C=O) groups is 1. The quantitative estimate of drug-likeness (QED) is 0.730. The van der Waals surface area contributed by atoms with Crippen LogP contribution in [0, 0.1) is 0 Å². The number of amides is 1. The maximum absolute atomic E-state index is 12.9. The number of piperidine rings is 1. The summed E-state index contributed by atoms with van der Waals surface area (Å²) < 4.78 is 33.0. The Hall–Kier alpha value is -2.38. The first-order valence-electron chi connectivity index (χ1n) is 10.1. The monoisotopic (exact) mass is 416 g/mol. The van der Waals surface area contributed by atoms with Gasteiger partial charge in [-0.25, -0.2) is 8.42 Å². The van der Waals surface area contributed by atoms with Gasteiger partial charge >= 0.3 is 0 Å². The summed E-state index contributed by atoms with van der Waals surface area (Å²) >= 11 is 0. The molecule has 0 bridgehead atoms. The van der Waals surface area contributed by atoms with Crippen molar-refractivity contribution in [1.82, 2.24) is 4.31 Å². The molecule has 6 nitrogen and oxygen atoms in total. The summed E-state index contributed by atoms with van der Waals surface area (Å²) in [7, 11) is -3.54. The lowest BCUT2D eigenvalue weighted by Gasteiger charge is -2.32. The van der Waals surface area contributed by atoms with Crippen molar-refractivity contribution in [2.45, 2.75) is 50.5 Å². The number of nitrogens with one attached hydrogen (secondary N) is 1. The van der Waals surface area contributed by atoms with E-state index in [1.165, 1.54) is 12.1 Å². The minimum absolute atomic E-state index is 0.000992. The molecule has 2 aromatic rings. The minimum Gasteiger partial charge on any atom is -0.494 e. The van der Waals surface area contributed by atoms with E-state index < -0.39 is 10.0 Å². The van der Waals surface area contributed by atoms with E-state index >= 15 is 0 Å². The smallest absolute Gasteiger partial charge is 0.255 e. The lowest BCUT2D eigenvalue weighted by molar-refractivity contribution is 0.102. The van der Waals surface area contributed by atoms with Gasteiger partial charge in [0.15, 0.2) is 0 Å². The van der Waals surface area contributed by atoms with Crippen molar-refractivity contribution >= 4 is 21.6 Å². The van der Waals surface area contributed by atoms with Gasteiger partial charge in [-0.15, -0.1) is 0 Å². The third-order valence-corrected chi connectivity index (χ3v) is 7.06. The first kappa shape index (κ1) is 21.3. The summed E-state index contributed by atoms with van der Waals surface area (Å²) in [4.78, 5) is 12.8. The van der Waals surface area contributed by atoms with Crippen LogP contribution in [0.25, 0.3) is 0 Å². The second-order valence-corrected chi connectivity index (χ2v) is 9.21. The second kappa shape index (κ2) is 9.41. The van der Waals surface area contributed by atoms with Gasteiger partial charge in [0, 0.05) is 29.9 Å². The molecular weight excluding hydrogens is 388 g/mol. The van der Waals surface area contributed by atoms with Gasteiger partial charge in [0.1, 0.15) is 5.75 Å². The standard InChI is InChI=1S/C22H28N2O4S/c1-3-15-28-20-9-6-8-19(16-20)23-22(25)18-10-12-21(13-11-18)29(26,27)24-14-5-4-7-17(24)2/h6,8-13,16-17H,3-5,7,14-15H2,1-2H3,(H,23,25). The number of rotatable bonds is 7. The third kappa shape index (κ3) is 5.16. The number of ether oxygens (including phenoxy) is 1. The molecule has 1 heterocycles. The molecule has 3 rings (SSSR count). The van der Waals surface area contributed by atoms with Crippen LogP contribution < -0.4 is 10.1 Å². The fourth-order valence-electron chi connectivity index (χ4n) is 3.43. The largest absolute Gasteiger partial charge is 0.494 e. The number of anilines is 1. The highest BCUT2D eigenvalue weighted by atomic mass is 32.2. The number of sulfonamides is 1. The number of hydrogen-bond donors (Lipinski definition) is 1. The molecule has 0 radical (unpaired) electrons. The van der Waals surface area contributed by atoms with Crippen molar-refractivity contribution in [1.29, 1.82) is 0 Å². The molecule has 1 atom stereocenters. The molecule has 0 aliphatic carbocycles. The second-order valence-electron chi connectivity index (χ2n) is 7.32. The number of nitrogens with zero attached hydrogens (tertiary/aromatic N) is 1. The van der Waals surface area contributed by atoms with Gasteiger partial charge in [0.25, 0.3) is 5.91 Å². The Balaban J connectivity index is 1.70. The van der Waals surface area contributed by atoms with Crippen LogP contribution in [0.2, 0.25) is 0 Å². The van der Waals surface area contributed by atoms with Gasteiger partial charge < -0.3 is 10.1 Å². The number of hydrogen-bond acceptors (Lipinski definition) is 4. The van der Waals surface area contributed by atoms with Crippen LogP contribution in [-0.2, 0) is 10.0 Å². The average molecular weight is 417 g/mol. The zero-order chi connectivity index (χ0) is 20.9. The SMILES string of the molecule is CCCOc1cccc(NC(=O)c2ccc(S(=O)(=O)N3CCCCC3C)cc2)c1. The molecular formula is C22H28N2O4S. The summed E-state index contributed by atoms with van der Waals surface area (Å²) in [6.07, 6.45) is 3.71. The van der Waals surface area contributed by atoms with Crippen LogP contribution in [0.1, 0.15) is 49.9 Å². The van der Waals surface area contributed by atoms with Gasteiger partial charge in [-0.05, 0) is 62.6 Å². The summed E-state index contributed by atoms with van der Waals surface area (Å²) in [5.74, 6) is 0.398. The van der Waals surface area contributed by atoms with Crippen LogP contribution >= 0.6 is 0 Å². The lowest BCUT2D eigenvalue weighted by Crippen LogP contribution is -2.41. The van der Waals surface area contributed by atoms with Crippen molar-refractivity contribution < 1.29 is 17.9 Å². The first-order chi connectivity index (χ1) is 13.9. The molecule has 7 heteroatoms. The predicted molar refractivity (Wildman–Crippen MR) is 114 cm³/mol. The van der Waals surface area contributed by atoms with Crippen molar-refractivity contribution in [3.05, 3.63) is 54.1 Å². The molecule has 0 saturated carbocycles. The van der Waals surface area contributed by atoms with Gasteiger partial charge in [-0.2, -0.15) is 4.31 Å². The molecule has 29 heavy (non-hydrogen) atoms. The van der Waals surface area contributed by atoms with E-state index in [-0.39, 0.29) is 16.8 Å². The maximum Gasteiger partial charge on any atom is 0.255 e. The highest BCUT2D eigenvalue weighted by Crippen LogP contribution is 2.25. The molecule has 1 saturated heterocycles. The van der Waals surface area contributed by atoms with Gasteiger partial charge in [0.05, 0.1) is 11.5 Å². The van der Waals surface area contributed by atoms with Crippen LogP contribution in [0.3, 0.4) is 0 Å². The Bertz CT molecular complexity index is 942. The van der Waals surface area contributed by atoms with Gasteiger partial charge in [-0.3, -0.25) is 4.79 Å². The van der Waals surface area contributed by atoms with Crippen molar-refractivity contribution in [2.75, 3.05) is 18.5 Å². The molecule has 0 spiro atoms. The average Bonchev–Trinajstić information content (AvgIpc) is 2.73. The maximum atomic E-state index is 12.9. The van der Waals surface area contributed by atoms with Crippen molar-refractivity contribution in [3.8, 4) is 5.75 Å². The van der Waals surface area contributed by atoms with Gasteiger partial charge in [-0.1, -0.05) is 19.4 Å². The molecule has 1 fully saturated rings. The Morgan fingerprint density at radius 2 is 1.93 bits per heavy atom. The predicted octanol–water partition coefficient (Wildman–Crippen LogP) is 4.29. The zero-order valence-corrected chi connectivity index (χ0v) is 17.7. The van der Waals surface area contributed by atoms with Gasteiger partial charge in [0.2, 0.25) is 10.0 Å². The lowest BCUT2D eigenvalue weighted by atomic mass is 10.1.